The molecule has 2 aromatic heterocycles. The van der Waals surface area contributed by atoms with Crippen molar-refractivity contribution in [2.75, 3.05) is 19.6 Å². The van der Waals surface area contributed by atoms with Crippen LogP contribution < -0.4 is 0 Å². The van der Waals surface area contributed by atoms with Crippen LogP contribution in [0.4, 0.5) is 0 Å². The van der Waals surface area contributed by atoms with E-state index in [9.17, 15) is 4.79 Å². The van der Waals surface area contributed by atoms with E-state index < -0.39 is 0 Å². The van der Waals surface area contributed by atoms with Crippen LogP contribution in [0.5, 0.6) is 0 Å². The highest BCUT2D eigenvalue weighted by Crippen LogP contribution is 2.34. The predicted octanol–water partition coefficient (Wildman–Crippen LogP) is 3.92. The Balaban J connectivity index is 1.33. The van der Waals surface area contributed by atoms with Gasteiger partial charge in [0.2, 0.25) is 5.91 Å². The van der Waals surface area contributed by atoms with Crippen LogP contribution in [0.2, 0.25) is 0 Å². The molecule has 4 heterocycles. The van der Waals surface area contributed by atoms with Crippen LogP contribution in [0.15, 0.2) is 29.0 Å². The lowest BCUT2D eigenvalue weighted by atomic mass is 10.1. The van der Waals surface area contributed by atoms with E-state index in [1.165, 1.54) is 28.2 Å². The fraction of sp³-hybridized carbons (Fsp3) is 0.500. The molecule has 2 aromatic rings. The molecule has 2 aliphatic rings. The van der Waals surface area contributed by atoms with E-state index in [2.05, 4.69) is 33.9 Å². The van der Waals surface area contributed by atoms with Gasteiger partial charge in [0.15, 0.2) is 0 Å². The number of amides is 1. The molecule has 4 rings (SSSR count). The van der Waals surface area contributed by atoms with Crippen molar-refractivity contribution in [3.8, 4) is 0 Å². The zero-order valence-corrected chi connectivity index (χ0v) is 14.9. The highest BCUT2D eigenvalue weighted by Gasteiger charge is 2.28. The summed E-state index contributed by atoms with van der Waals surface area (Å²) >= 11 is 3.67. The Morgan fingerprint density at radius 1 is 1.22 bits per heavy atom. The van der Waals surface area contributed by atoms with Gasteiger partial charge >= 0.3 is 0 Å². The number of carbonyl (C=O) groups excluding carboxylic acids is 1. The molecule has 3 nitrogen and oxygen atoms in total. The normalized spacial score (nSPS) is 21.6. The first-order valence-corrected chi connectivity index (χ1v) is 10.2. The average Bonchev–Trinajstić information content (AvgIpc) is 3.31. The summed E-state index contributed by atoms with van der Waals surface area (Å²) in [5, 5.41) is 4.30. The fourth-order valence-corrected chi connectivity index (χ4v) is 5.54. The second-order valence-corrected chi connectivity index (χ2v) is 8.37. The highest BCUT2D eigenvalue weighted by molar-refractivity contribution is 7.10. The van der Waals surface area contributed by atoms with Crippen molar-refractivity contribution in [1.29, 1.82) is 0 Å². The van der Waals surface area contributed by atoms with Gasteiger partial charge < -0.3 is 4.90 Å². The van der Waals surface area contributed by atoms with Crippen LogP contribution in [0.1, 0.15) is 40.6 Å². The minimum Gasteiger partial charge on any atom is -0.338 e. The first kappa shape index (κ1) is 15.4. The maximum absolute atomic E-state index is 12.6. The lowest BCUT2D eigenvalue weighted by Crippen LogP contribution is -2.37. The predicted molar refractivity (Wildman–Crippen MR) is 95.9 cm³/mol. The van der Waals surface area contributed by atoms with Gasteiger partial charge in [-0.3, -0.25) is 9.69 Å². The summed E-state index contributed by atoms with van der Waals surface area (Å²) in [6.07, 6.45) is 4.16. The van der Waals surface area contributed by atoms with Crippen LogP contribution in [0.3, 0.4) is 0 Å². The molecule has 2 aliphatic heterocycles. The van der Waals surface area contributed by atoms with Crippen LogP contribution in [0, 0.1) is 0 Å². The van der Waals surface area contributed by atoms with E-state index >= 15 is 0 Å². The van der Waals surface area contributed by atoms with Gasteiger partial charge in [0, 0.05) is 41.9 Å². The lowest BCUT2D eigenvalue weighted by Gasteiger charge is -2.29. The number of rotatable bonds is 4. The first-order valence-electron chi connectivity index (χ1n) is 8.42. The maximum atomic E-state index is 12.6. The van der Waals surface area contributed by atoms with E-state index in [-0.39, 0.29) is 0 Å². The first-order chi connectivity index (χ1) is 11.3. The van der Waals surface area contributed by atoms with Crippen molar-refractivity contribution in [2.24, 2.45) is 0 Å². The van der Waals surface area contributed by atoms with E-state index in [4.69, 9.17) is 0 Å². The monoisotopic (exact) mass is 346 g/mol. The number of fused-ring (bicyclic) bond motifs is 1. The van der Waals surface area contributed by atoms with Crippen LogP contribution in [-0.2, 0) is 17.8 Å². The third-order valence-corrected chi connectivity index (χ3v) is 7.01. The standard InChI is InChI=1S/C18H22N2OS2/c21-18(20-9-5-16-14(13-20)7-12-23-16)6-10-19-8-1-3-15(19)17-4-2-11-22-17/h2,4,7,11-12,15H,1,3,5-6,8-10,13H2/t15-/m0/s1. The van der Waals surface area contributed by atoms with Crippen molar-refractivity contribution in [3.05, 3.63) is 44.3 Å². The lowest BCUT2D eigenvalue weighted by molar-refractivity contribution is -0.132. The average molecular weight is 347 g/mol. The summed E-state index contributed by atoms with van der Waals surface area (Å²) < 4.78 is 0. The van der Waals surface area contributed by atoms with Crippen molar-refractivity contribution in [1.82, 2.24) is 9.80 Å². The second kappa shape index (κ2) is 6.75. The third kappa shape index (κ3) is 3.23. The zero-order valence-electron chi connectivity index (χ0n) is 13.2. The number of likely N-dealkylation sites (tertiary alicyclic amines) is 1. The van der Waals surface area contributed by atoms with Crippen molar-refractivity contribution in [3.63, 3.8) is 0 Å². The Hall–Kier alpha value is -1.17. The van der Waals surface area contributed by atoms with E-state index in [1.54, 1.807) is 0 Å². The van der Waals surface area contributed by atoms with Crippen molar-refractivity contribution < 1.29 is 4.79 Å². The Morgan fingerprint density at radius 3 is 3.04 bits per heavy atom. The molecule has 1 saturated heterocycles. The molecule has 1 atom stereocenters. The Kier molecular flexibility index (Phi) is 4.51. The quantitative estimate of drug-likeness (QED) is 0.838. The van der Waals surface area contributed by atoms with E-state index in [0.717, 1.165) is 32.6 Å². The Labute approximate surface area is 145 Å². The number of thiophene rings is 2. The molecule has 0 saturated carbocycles. The topological polar surface area (TPSA) is 23.6 Å². The molecule has 5 heteroatoms. The third-order valence-electron chi connectivity index (χ3n) is 5.01. The van der Waals surface area contributed by atoms with Gasteiger partial charge in [-0.05, 0) is 54.3 Å². The van der Waals surface area contributed by atoms with E-state index in [0.29, 0.717) is 18.4 Å². The number of carbonyl (C=O) groups is 1. The minimum atomic E-state index is 0.318. The smallest absolute Gasteiger partial charge is 0.224 e. The van der Waals surface area contributed by atoms with Crippen molar-refractivity contribution in [2.45, 2.75) is 38.3 Å². The molecule has 0 aromatic carbocycles. The molecule has 0 unspecified atom stereocenters. The molecule has 0 N–H and O–H groups in total. The Bertz CT molecular complexity index is 664. The van der Waals surface area contributed by atoms with Crippen molar-refractivity contribution >= 4 is 28.6 Å². The summed E-state index contributed by atoms with van der Waals surface area (Å²) in [7, 11) is 0. The Morgan fingerprint density at radius 2 is 2.17 bits per heavy atom. The van der Waals surface area contributed by atoms with E-state index in [1.807, 2.05) is 27.6 Å². The number of hydrogen-bond donors (Lipinski definition) is 0. The van der Waals surface area contributed by atoms with Gasteiger partial charge in [0.1, 0.15) is 0 Å². The largest absolute Gasteiger partial charge is 0.338 e. The van der Waals surface area contributed by atoms with Gasteiger partial charge in [0.25, 0.3) is 0 Å². The second-order valence-electron chi connectivity index (χ2n) is 6.39. The molecular formula is C18H22N2OS2. The summed E-state index contributed by atoms with van der Waals surface area (Å²) in [6, 6.07) is 7.08. The molecule has 0 spiro atoms. The van der Waals surface area contributed by atoms with Crippen LogP contribution in [0.25, 0.3) is 0 Å². The molecule has 23 heavy (non-hydrogen) atoms. The summed E-state index contributed by atoms with van der Waals surface area (Å²) in [5.41, 5.74) is 1.35. The van der Waals surface area contributed by atoms with Gasteiger partial charge in [-0.2, -0.15) is 0 Å². The van der Waals surface area contributed by atoms with Gasteiger partial charge in [-0.25, -0.2) is 0 Å². The number of nitrogens with zero attached hydrogens (tertiary/aromatic N) is 2. The summed E-state index contributed by atoms with van der Waals surface area (Å²) in [5.74, 6) is 0.318. The SMILES string of the molecule is O=C(CCN1CCC[C@H]1c1cccs1)N1CCc2sccc2C1. The van der Waals surface area contributed by atoms with Gasteiger partial charge in [-0.1, -0.05) is 6.07 Å². The molecule has 1 amide bonds. The molecule has 1 fully saturated rings. The maximum Gasteiger partial charge on any atom is 0.224 e. The molecule has 0 radical (unpaired) electrons. The van der Waals surface area contributed by atoms with Gasteiger partial charge in [-0.15, -0.1) is 22.7 Å². The van der Waals surface area contributed by atoms with Crippen LogP contribution in [-0.4, -0.2) is 35.3 Å². The highest BCUT2D eigenvalue weighted by atomic mass is 32.1. The summed E-state index contributed by atoms with van der Waals surface area (Å²) in [4.78, 5) is 20.1. The van der Waals surface area contributed by atoms with Crippen LogP contribution >= 0.6 is 22.7 Å². The molecular weight excluding hydrogens is 324 g/mol. The molecule has 122 valence electrons. The minimum absolute atomic E-state index is 0.318. The fourth-order valence-electron chi connectivity index (χ4n) is 3.76. The summed E-state index contributed by atoms with van der Waals surface area (Å²) in [6.45, 7) is 3.73. The molecule has 0 bridgehead atoms. The van der Waals surface area contributed by atoms with Gasteiger partial charge in [0.05, 0.1) is 0 Å². The number of hydrogen-bond acceptors (Lipinski definition) is 4. The zero-order chi connectivity index (χ0) is 15.6. The molecule has 0 aliphatic carbocycles.